The van der Waals surface area contributed by atoms with Gasteiger partial charge in [-0.25, -0.2) is 0 Å². The van der Waals surface area contributed by atoms with E-state index in [2.05, 4.69) is 33.9 Å². The van der Waals surface area contributed by atoms with Crippen LogP contribution in [0.25, 0.3) is 0 Å². The topological polar surface area (TPSA) is 164 Å². The van der Waals surface area contributed by atoms with Crippen molar-refractivity contribution >= 4 is 31.5 Å². The number of carbonyl (C=O) groups excluding carboxylic acids is 2. The molecule has 2 amide bonds. The van der Waals surface area contributed by atoms with E-state index in [1.807, 2.05) is 6.92 Å². The summed E-state index contributed by atoms with van der Waals surface area (Å²) in [6.45, 7) is 16.5. The van der Waals surface area contributed by atoms with Crippen molar-refractivity contribution in [3.63, 3.8) is 0 Å². The third-order valence-corrected chi connectivity index (χ3v) is 15.0. The molecule has 2 aliphatic heterocycles. The van der Waals surface area contributed by atoms with Crippen LogP contribution in [-0.2, 0) is 4.43 Å². The molecule has 0 aromatic heterocycles. The van der Waals surface area contributed by atoms with Crippen LogP contribution in [0.4, 0.5) is 11.4 Å². The molecule has 4 rings (SSSR count). The van der Waals surface area contributed by atoms with Gasteiger partial charge in [-0.05, 0) is 75.2 Å². The predicted molar refractivity (Wildman–Crippen MR) is 195 cm³/mol. The Morgan fingerprint density at radius 1 is 0.824 bits per heavy atom. The standard InChI is InChI=1S/C36H52N4O10Si/c1-9-25-13-15-37(25)34(41)27-19-24(2)31(21-29(27)39(43)44)48-17-11-10-12-18-49-33-22-30(40(45)46)28(20-32(33)47-6)35(42)38-16-14-26(38)23-50-51(7,8)36(3,4)5/h19-22,25-26H,9-18,23H2,1-8H3/t25-,26+/m1/s1. The summed E-state index contributed by atoms with van der Waals surface area (Å²) < 4.78 is 23.5. The number of nitro groups is 2. The minimum Gasteiger partial charge on any atom is -0.493 e. The van der Waals surface area contributed by atoms with Crippen molar-refractivity contribution in [1.29, 1.82) is 0 Å². The predicted octanol–water partition coefficient (Wildman–Crippen LogP) is 7.31. The molecule has 51 heavy (non-hydrogen) atoms. The Bertz CT molecular complexity index is 1620. The summed E-state index contributed by atoms with van der Waals surface area (Å²) in [7, 11) is -0.610. The van der Waals surface area contributed by atoms with Gasteiger partial charge >= 0.3 is 0 Å². The Labute approximate surface area is 300 Å². The number of hydrogen-bond acceptors (Lipinski definition) is 10. The van der Waals surface area contributed by atoms with Gasteiger partial charge in [0.05, 0.1) is 55.0 Å². The molecule has 0 N–H and O–H groups in total. The molecule has 14 nitrogen and oxygen atoms in total. The van der Waals surface area contributed by atoms with E-state index >= 15 is 0 Å². The number of amides is 2. The number of likely N-dealkylation sites (tertiary alicyclic amines) is 2. The van der Waals surface area contributed by atoms with Crippen LogP contribution in [0.3, 0.4) is 0 Å². The highest BCUT2D eigenvalue weighted by Gasteiger charge is 2.41. The van der Waals surface area contributed by atoms with E-state index < -0.39 is 24.1 Å². The van der Waals surface area contributed by atoms with Crippen LogP contribution in [0.15, 0.2) is 24.3 Å². The molecule has 280 valence electrons. The molecule has 2 heterocycles. The first-order valence-electron chi connectivity index (χ1n) is 17.7. The highest BCUT2D eigenvalue weighted by atomic mass is 28.4. The molecule has 2 aliphatic rings. The molecule has 0 spiro atoms. The van der Waals surface area contributed by atoms with Crippen molar-refractivity contribution in [2.75, 3.05) is 40.0 Å². The van der Waals surface area contributed by atoms with Crippen LogP contribution >= 0.6 is 0 Å². The van der Waals surface area contributed by atoms with Crippen LogP contribution in [0.1, 0.15) is 92.5 Å². The van der Waals surface area contributed by atoms with Gasteiger partial charge in [0.2, 0.25) is 0 Å². The highest BCUT2D eigenvalue weighted by Crippen LogP contribution is 2.39. The molecule has 2 aromatic rings. The fourth-order valence-electron chi connectivity index (χ4n) is 5.89. The van der Waals surface area contributed by atoms with Gasteiger partial charge < -0.3 is 28.4 Å². The maximum atomic E-state index is 13.5. The Kier molecular flexibility index (Phi) is 12.7. The monoisotopic (exact) mass is 728 g/mol. The summed E-state index contributed by atoms with van der Waals surface area (Å²) in [6.07, 6.45) is 4.35. The lowest BCUT2D eigenvalue weighted by Gasteiger charge is -2.44. The van der Waals surface area contributed by atoms with Crippen LogP contribution in [0, 0.1) is 27.2 Å². The Morgan fingerprint density at radius 2 is 1.33 bits per heavy atom. The summed E-state index contributed by atoms with van der Waals surface area (Å²) in [5, 5.41) is 23.9. The van der Waals surface area contributed by atoms with Gasteiger partial charge in [-0.2, -0.15) is 0 Å². The van der Waals surface area contributed by atoms with E-state index in [-0.39, 0.29) is 63.6 Å². The number of nitro benzene ring substituents is 2. The fourth-order valence-corrected chi connectivity index (χ4v) is 6.93. The first-order valence-corrected chi connectivity index (χ1v) is 20.6. The maximum absolute atomic E-state index is 13.5. The van der Waals surface area contributed by atoms with Gasteiger partial charge in [0.25, 0.3) is 23.2 Å². The molecule has 0 radical (unpaired) electrons. The Morgan fingerprint density at radius 3 is 1.80 bits per heavy atom. The molecular weight excluding hydrogens is 677 g/mol. The lowest BCUT2D eigenvalue weighted by molar-refractivity contribution is -0.385. The van der Waals surface area contributed by atoms with Crippen molar-refractivity contribution in [3.05, 3.63) is 61.2 Å². The number of hydrogen-bond donors (Lipinski definition) is 0. The molecule has 2 atom stereocenters. The molecular formula is C36H52N4O10Si. The molecule has 0 saturated carbocycles. The average Bonchev–Trinajstić information content (AvgIpc) is 3.02. The second kappa shape index (κ2) is 16.4. The van der Waals surface area contributed by atoms with Crippen molar-refractivity contribution in [2.24, 2.45) is 0 Å². The summed E-state index contributed by atoms with van der Waals surface area (Å²) in [5.74, 6) is -0.0288. The smallest absolute Gasteiger partial charge is 0.286 e. The Balaban J connectivity index is 1.31. The number of rotatable bonds is 17. The second-order valence-electron chi connectivity index (χ2n) is 14.8. The van der Waals surface area contributed by atoms with E-state index in [9.17, 15) is 29.8 Å². The third kappa shape index (κ3) is 8.98. The maximum Gasteiger partial charge on any atom is 0.286 e. The number of ether oxygens (including phenoxy) is 3. The first-order chi connectivity index (χ1) is 24.0. The van der Waals surface area contributed by atoms with E-state index in [1.54, 1.807) is 16.7 Å². The summed E-state index contributed by atoms with van der Waals surface area (Å²) in [6, 6.07) is 5.43. The third-order valence-electron chi connectivity index (χ3n) is 10.5. The number of carbonyl (C=O) groups is 2. The summed E-state index contributed by atoms with van der Waals surface area (Å²) >= 11 is 0. The zero-order chi connectivity index (χ0) is 37.7. The SMILES string of the molecule is CC[C@@H]1CCN1C(=O)c1cc(C)c(OCCCCCOc2cc([N+](=O)[O-])c(C(=O)N3CC[C@H]3CO[Si](C)(C)C(C)(C)C)cc2OC)cc1[N+](=O)[O-]. The molecule has 0 bridgehead atoms. The molecule has 2 aromatic carbocycles. The molecule has 15 heteroatoms. The van der Waals surface area contributed by atoms with Crippen LogP contribution in [-0.4, -0.2) is 91.9 Å². The van der Waals surface area contributed by atoms with Crippen LogP contribution in [0.2, 0.25) is 18.1 Å². The average molecular weight is 729 g/mol. The zero-order valence-electron chi connectivity index (χ0n) is 31.1. The number of unbranched alkanes of at least 4 members (excludes halogenated alkanes) is 2. The molecule has 2 saturated heterocycles. The van der Waals surface area contributed by atoms with Gasteiger partial charge in [-0.15, -0.1) is 0 Å². The van der Waals surface area contributed by atoms with Gasteiger partial charge in [0.15, 0.2) is 19.8 Å². The van der Waals surface area contributed by atoms with Gasteiger partial charge in [0, 0.05) is 25.2 Å². The second-order valence-corrected chi connectivity index (χ2v) is 19.6. The van der Waals surface area contributed by atoms with Crippen LogP contribution < -0.4 is 14.2 Å². The van der Waals surface area contributed by atoms with Crippen molar-refractivity contribution in [1.82, 2.24) is 9.80 Å². The minimum absolute atomic E-state index is 0.0220. The van der Waals surface area contributed by atoms with Crippen molar-refractivity contribution in [3.8, 4) is 17.2 Å². The molecule has 2 fully saturated rings. The minimum atomic E-state index is -2.03. The highest BCUT2D eigenvalue weighted by molar-refractivity contribution is 6.74. The number of aryl methyl sites for hydroxylation is 1. The molecule has 0 unspecified atom stereocenters. The van der Waals surface area contributed by atoms with E-state index in [0.717, 1.165) is 19.3 Å². The number of nitrogens with zero attached hydrogens (tertiary/aromatic N) is 4. The Hall–Kier alpha value is -4.24. The number of methoxy groups -OCH3 is 1. The summed E-state index contributed by atoms with van der Waals surface area (Å²) in [4.78, 5) is 52.6. The molecule has 0 aliphatic carbocycles. The lowest BCUT2D eigenvalue weighted by Crippen LogP contribution is -2.55. The largest absolute Gasteiger partial charge is 0.493 e. The van der Waals surface area contributed by atoms with E-state index in [0.29, 0.717) is 56.9 Å². The lowest BCUT2D eigenvalue weighted by atomic mass is 9.97. The van der Waals surface area contributed by atoms with Gasteiger partial charge in [0.1, 0.15) is 16.9 Å². The van der Waals surface area contributed by atoms with E-state index in [1.165, 1.54) is 31.4 Å². The van der Waals surface area contributed by atoms with Crippen molar-refractivity contribution in [2.45, 2.75) is 103 Å². The first kappa shape index (κ1) is 39.5. The van der Waals surface area contributed by atoms with E-state index in [4.69, 9.17) is 18.6 Å². The summed E-state index contributed by atoms with van der Waals surface area (Å²) in [5.41, 5.74) is 0.0292. The van der Waals surface area contributed by atoms with Crippen LogP contribution in [0.5, 0.6) is 17.2 Å². The number of benzene rings is 2. The van der Waals surface area contributed by atoms with Gasteiger partial charge in [-0.1, -0.05) is 27.7 Å². The zero-order valence-corrected chi connectivity index (χ0v) is 32.1. The normalized spacial score (nSPS) is 17.3. The quantitative estimate of drug-likeness (QED) is 0.0698. The van der Waals surface area contributed by atoms with Gasteiger partial charge in [-0.3, -0.25) is 29.8 Å². The fraction of sp³-hybridized carbons (Fsp3) is 0.611. The van der Waals surface area contributed by atoms with Crippen molar-refractivity contribution < 1.29 is 38.1 Å².